The largest absolute Gasteiger partial charge is 0.379 e. The fourth-order valence-corrected chi connectivity index (χ4v) is 3.54. The molecule has 2 bridgehead atoms. The van der Waals surface area contributed by atoms with E-state index in [0.717, 1.165) is 17.7 Å². The Kier molecular flexibility index (Phi) is 3.35. The molecule has 4 atom stereocenters. The molecule has 0 spiro atoms. The van der Waals surface area contributed by atoms with Gasteiger partial charge in [0.2, 0.25) is 5.89 Å². The van der Waals surface area contributed by atoms with E-state index in [9.17, 15) is 0 Å². The molecular weight excluding hydrogens is 242 g/mol. The molecule has 5 heteroatoms. The van der Waals surface area contributed by atoms with Crippen LogP contribution >= 0.6 is 0 Å². The van der Waals surface area contributed by atoms with E-state index in [-0.39, 0.29) is 0 Å². The molecule has 2 aliphatic carbocycles. The van der Waals surface area contributed by atoms with Gasteiger partial charge in [-0.25, -0.2) is 0 Å². The molecule has 2 fully saturated rings. The zero-order valence-corrected chi connectivity index (χ0v) is 11.8. The van der Waals surface area contributed by atoms with Gasteiger partial charge in [-0.15, -0.1) is 0 Å². The topological polar surface area (TPSA) is 74.2 Å². The van der Waals surface area contributed by atoms with Crippen molar-refractivity contribution in [3.63, 3.8) is 0 Å². The van der Waals surface area contributed by atoms with Gasteiger partial charge in [-0.3, -0.25) is 0 Å². The highest BCUT2D eigenvalue weighted by Crippen LogP contribution is 2.52. The Hall–Kier alpha value is -0.940. The van der Waals surface area contributed by atoms with Crippen molar-refractivity contribution in [1.82, 2.24) is 10.1 Å². The summed E-state index contributed by atoms with van der Waals surface area (Å²) in [5.41, 5.74) is 5.53. The number of hydrogen-bond acceptors (Lipinski definition) is 5. The van der Waals surface area contributed by atoms with Gasteiger partial charge in [-0.2, -0.15) is 4.98 Å². The first-order chi connectivity index (χ1) is 9.10. The van der Waals surface area contributed by atoms with E-state index in [4.69, 9.17) is 15.0 Å². The average molecular weight is 265 g/mol. The Morgan fingerprint density at radius 3 is 2.89 bits per heavy atom. The summed E-state index contributed by atoms with van der Waals surface area (Å²) in [5, 5.41) is 4.08. The molecule has 0 saturated heterocycles. The van der Waals surface area contributed by atoms with Gasteiger partial charge in [0.25, 0.3) is 0 Å². The molecular formula is C14H23N3O2. The van der Waals surface area contributed by atoms with Crippen LogP contribution in [-0.2, 0) is 10.3 Å². The van der Waals surface area contributed by atoms with E-state index in [1.165, 1.54) is 25.7 Å². The van der Waals surface area contributed by atoms with Crippen molar-refractivity contribution in [2.75, 3.05) is 13.2 Å². The minimum atomic E-state index is -0.671. The predicted molar refractivity (Wildman–Crippen MR) is 70.5 cm³/mol. The van der Waals surface area contributed by atoms with Crippen LogP contribution in [0.25, 0.3) is 0 Å². The number of ether oxygens (including phenoxy) is 1. The lowest BCUT2D eigenvalue weighted by Crippen LogP contribution is -2.39. The molecule has 5 nitrogen and oxygen atoms in total. The maximum Gasteiger partial charge on any atom is 0.230 e. The number of fused-ring (bicyclic) bond motifs is 2. The van der Waals surface area contributed by atoms with Crippen LogP contribution in [0.2, 0.25) is 0 Å². The van der Waals surface area contributed by atoms with Crippen molar-refractivity contribution in [2.24, 2.45) is 17.6 Å². The molecule has 106 valence electrons. The van der Waals surface area contributed by atoms with Gasteiger partial charge in [0, 0.05) is 12.5 Å². The quantitative estimate of drug-likeness (QED) is 0.883. The third-order valence-corrected chi connectivity index (χ3v) is 4.61. The molecule has 0 aliphatic heterocycles. The fourth-order valence-electron chi connectivity index (χ4n) is 3.54. The second kappa shape index (κ2) is 4.87. The number of hydrogen-bond donors (Lipinski definition) is 1. The summed E-state index contributed by atoms with van der Waals surface area (Å²) in [6, 6.07) is 0. The van der Waals surface area contributed by atoms with Gasteiger partial charge < -0.3 is 15.0 Å². The highest BCUT2D eigenvalue weighted by Gasteiger charge is 2.43. The lowest BCUT2D eigenvalue weighted by molar-refractivity contribution is 0.0962. The Balaban J connectivity index is 1.72. The molecule has 0 aromatic carbocycles. The van der Waals surface area contributed by atoms with E-state index in [0.29, 0.717) is 25.0 Å². The highest BCUT2D eigenvalue weighted by atomic mass is 16.5. The van der Waals surface area contributed by atoms with Crippen LogP contribution in [-0.4, -0.2) is 23.4 Å². The smallest absolute Gasteiger partial charge is 0.230 e. The van der Waals surface area contributed by atoms with Gasteiger partial charge in [-0.05, 0) is 44.9 Å². The van der Waals surface area contributed by atoms with Gasteiger partial charge in [0.15, 0.2) is 5.82 Å². The number of rotatable bonds is 5. The lowest BCUT2D eigenvalue weighted by atomic mass is 9.89. The minimum Gasteiger partial charge on any atom is -0.379 e. The van der Waals surface area contributed by atoms with Crippen molar-refractivity contribution < 1.29 is 9.26 Å². The molecule has 2 aliphatic rings. The third kappa shape index (κ3) is 2.41. The Bertz CT molecular complexity index is 444. The first-order valence-corrected chi connectivity index (χ1v) is 7.31. The van der Waals surface area contributed by atoms with E-state index < -0.39 is 5.54 Å². The molecule has 2 saturated carbocycles. The summed E-state index contributed by atoms with van der Waals surface area (Å²) in [4.78, 5) is 4.55. The highest BCUT2D eigenvalue weighted by molar-refractivity contribution is 5.08. The van der Waals surface area contributed by atoms with Crippen molar-refractivity contribution in [3.8, 4) is 0 Å². The van der Waals surface area contributed by atoms with Crippen LogP contribution in [0.5, 0.6) is 0 Å². The van der Waals surface area contributed by atoms with E-state index >= 15 is 0 Å². The average Bonchev–Trinajstić information content (AvgIpc) is 3.10. The SMILES string of the molecule is CCOCC(C)(N)c1noc(C2CC3CCC2C3)n1. The van der Waals surface area contributed by atoms with Crippen LogP contribution in [0.15, 0.2) is 4.52 Å². The molecule has 1 heterocycles. The second-order valence-corrected chi connectivity index (χ2v) is 6.29. The van der Waals surface area contributed by atoms with Crippen LogP contribution in [0.3, 0.4) is 0 Å². The molecule has 3 rings (SSSR count). The van der Waals surface area contributed by atoms with E-state index in [1.807, 2.05) is 13.8 Å². The summed E-state index contributed by atoms with van der Waals surface area (Å²) >= 11 is 0. The number of aromatic nitrogens is 2. The Morgan fingerprint density at radius 1 is 1.42 bits per heavy atom. The zero-order chi connectivity index (χ0) is 13.5. The Morgan fingerprint density at radius 2 is 2.26 bits per heavy atom. The van der Waals surface area contributed by atoms with E-state index in [2.05, 4.69) is 10.1 Å². The number of nitrogens with zero attached hydrogens (tertiary/aromatic N) is 2. The van der Waals surface area contributed by atoms with Gasteiger partial charge in [0.05, 0.1) is 6.61 Å². The Labute approximate surface area is 113 Å². The molecule has 0 amide bonds. The van der Waals surface area contributed by atoms with Crippen molar-refractivity contribution in [2.45, 2.75) is 51.0 Å². The lowest BCUT2D eigenvalue weighted by Gasteiger charge is -2.20. The molecule has 4 unspecified atom stereocenters. The number of nitrogens with two attached hydrogens (primary N) is 1. The van der Waals surface area contributed by atoms with Crippen LogP contribution < -0.4 is 5.73 Å². The molecule has 1 aromatic rings. The normalized spacial score (nSPS) is 32.7. The summed E-state index contributed by atoms with van der Waals surface area (Å²) in [5.74, 6) is 3.43. The maximum absolute atomic E-state index is 6.20. The minimum absolute atomic E-state index is 0.416. The van der Waals surface area contributed by atoms with Crippen molar-refractivity contribution >= 4 is 0 Å². The summed E-state index contributed by atoms with van der Waals surface area (Å²) in [6.07, 6.45) is 5.23. The molecule has 2 N–H and O–H groups in total. The van der Waals surface area contributed by atoms with Crippen LogP contribution in [0, 0.1) is 11.8 Å². The van der Waals surface area contributed by atoms with Crippen molar-refractivity contribution in [1.29, 1.82) is 0 Å². The van der Waals surface area contributed by atoms with Crippen LogP contribution in [0.1, 0.15) is 57.2 Å². The second-order valence-electron chi connectivity index (χ2n) is 6.29. The monoisotopic (exact) mass is 265 g/mol. The summed E-state index contributed by atoms with van der Waals surface area (Å²) in [6.45, 7) is 4.90. The first kappa shape index (κ1) is 13.1. The van der Waals surface area contributed by atoms with Gasteiger partial charge in [-0.1, -0.05) is 11.6 Å². The zero-order valence-electron chi connectivity index (χ0n) is 11.8. The van der Waals surface area contributed by atoms with Gasteiger partial charge >= 0.3 is 0 Å². The van der Waals surface area contributed by atoms with Gasteiger partial charge in [0.1, 0.15) is 5.54 Å². The molecule has 0 radical (unpaired) electrons. The van der Waals surface area contributed by atoms with Crippen LogP contribution in [0.4, 0.5) is 0 Å². The summed E-state index contributed by atoms with van der Waals surface area (Å²) in [7, 11) is 0. The first-order valence-electron chi connectivity index (χ1n) is 7.31. The molecule has 19 heavy (non-hydrogen) atoms. The van der Waals surface area contributed by atoms with Crippen molar-refractivity contribution in [3.05, 3.63) is 11.7 Å². The third-order valence-electron chi connectivity index (χ3n) is 4.61. The van der Waals surface area contributed by atoms with E-state index in [1.54, 1.807) is 0 Å². The summed E-state index contributed by atoms with van der Waals surface area (Å²) < 4.78 is 10.9. The maximum atomic E-state index is 6.20. The standard InChI is InChI=1S/C14H23N3O2/c1-3-18-8-14(2,15)13-16-12(19-17-13)11-7-9-4-5-10(11)6-9/h9-11H,3-8,15H2,1-2H3. The molecule has 1 aromatic heterocycles. The fraction of sp³-hybridized carbons (Fsp3) is 0.857. The predicted octanol–water partition coefficient (Wildman–Crippen LogP) is 2.18.